The number of thiazole rings is 1. The van der Waals surface area contributed by atoms with Gasteiger partial charge >= 0.3 is 0 Å². The van der Waals surface area contributed by atoms with Gasteiger partial charge in [0, 0.05) is 16.5 Å². The fourth-order valence-electron chi connectivity index (χ4n) is 2.55. The molecule has 102 valence electrons. The number of hydrogen-bond donors (Lipinski definition) is 0. The van der Waals surface area contributed by atoms with Gasteiger partial charge in [0.15, 0.2) is 0 Å². The maximum Gasteiger partial charge on any atom is 0.267 e. The van der Waals surface area contributed by atoms with Crippen molar-refractivity contribution < 1.29 is 9.59 Å². The highest BCUT2D eigenvalue weighted by Crippen LogP contribution is 2.35. The van der Waals surface area contributed by atoms with Gasteiger partial charge in [-0.1, -0.05) is 35.6 Å². The first kappa shape index (κ1) is 12.7. The summed E-state index contributed by atoms with van der Waals surface area (Å²) in [5.74, 6) is -0.655. The van der Waals surface area contributed by atoms with Crippen LogP contribution in [0.3, 0.4) is 0 Å². The number of imide groups is 1. The van der Waals surface area contributed by atoms with Crippen LogP contribution < -0.4 is 4.90 Å². The van der Waals surface area contributed by atoms with Gasteiger partial charge in [0.1, 0.15) is 0 Å². The van der Waals surface area contributed by atoms with Crippen molar-refractivity contribution in [2.75, 3.05) is 4.90 Å². The third kappa shape index (κ3) is 1.76. The Morgan fingerprint density at radius 3 is 2.14 bits per heavy atom. The van der Waals surface area contributed by atoms with Gasteiger partial charge in [0.05, 0.1) is 9.98 Å². The Balaban J connectivity index is 2.01. The molecule has 0 spiro atoms. The van der Waals surface area contributed by atoms with Crippen LogP contribution in [-0.2, 0) is 0 Å². The largest absolute Gasteiger partial charge is 0.268 e. The van der Waals surface area contributed by atoms with Gasteiger partial charge in [-0.05, 0) is 33.4 Å². The second-order valence-corrected chi connectivity index (χ2v) is 6.99. The standard InChI is InChI=1S/C15H7BrN2O2S/c16-11-7-17-15(21-11)18-13(19)9-5-1-3-8-4-2-6-10(12(8)9)14(18)20/h1-7H. The number of rotatable bonds is 1. The predicted octanol–water partition coefficient (Wildman–Crippen LogP) is 3.86. The van der Waals surface area contributed by atoms with Crippen molar-refractivity contribution in [2.24, 2.45) is 0 Å². The van der Waals surface area contributed by atoms with Crippen molar-refractivity contribution in [1.82, 2.24) is 4.98 Å². The van der Waals surface area contributed by atoms with Crippen molar-refractivity contribution in [1.29, 1.82) is 0 Å². The fourth-order valence-corrected chi connectivity index (χ4v) is 3.73. The number of carbonyl (C=O) groups is 2. The van der Waals surface area contributed by atoms with Crippen LogP contribution >= 0.6 is 27.3 Å². The van der Waals surface area contributed by atoms with Crippen LogP contribution in [0.25, 0.3) is 10.8 Å². The van der Waals surface area contributed by atoms with E-state index in [1.54, 1.807) is 18.3 Å². The summed E-state index contributed by atoms with van der Waals surface area (Å²) in [6.45, 7) is 0. The maximum atomic E-state index is 12.7. The smallest absolute Gasteiger partial charge is 0.267 e. The van der Waals surface area contributed by atoms with E-state index in [4.69, 9.17) is 0 Å². The molecule has 0 unspecified atom stereocenters. The summed E-state index contributed by atoms with van der Waals surface area (Å²) in [5.41, 5.74) is 1.07. The van der Waals surface area contributed by atoms with Crippen molar-refractivity contribution in [3.8, 4) is 0 Å². The van der Waals surface area contributed by atoms with Crippen LogP contribution in [0.15, 0.2) is 46.4 Å². The third-order valence-corrected chi connectivity index (χ3v) is 4.89. The lowest BCUT2D eigenvalue weighted by molar-refractivity contribution is 0.0893. The second kappa shape index (κ2) is 4.47. The van der Waals surface area contributed by atoms with Crippen LogP contribution in [0, 0.1) is 0 Å². The molecule has 1 aliphatic heterocycles. The van der Waals surface area contributed by atoms with Crippen molar-refractivity contribution in [3.05, 3.63) is 57.5 Å². The topological polar surface area (TPSA) is 50.3 Å². The van der Waals surface area contributed by atoms with E-state index in [1.165, 1.54) is 11.3 Å². The molecule has 2 heterocycles. The van der Waals surface area contributed by atoms with Gasteiger partial charge in [-0.3, -0.25) is 9.59 Å². The lowest BCUT2D eigenvalue weighted by Crippen LogP contribution is -2.40. The van der Waals surface area contributed by atoms with E-state index in [-0.39, 0.29) is 11.8 Å². The average Bonchev–Trinajstić information content (AvgIpc) is 2.91. The normalized spacial score (nSPS) is 14.0. The van der Waals surface area contributed by atoms with E-state index in [0.717, 1.165) is 19.5 Å². The number of carbonyl (C=O) groups excluding carboxylic acids is 2. The Labute approximate surface area is 132 Å². The van der Waals surface area contributed by atoms with E-state index in [2.05, 4.69) is 20.9 Å². The van der Waals surface area contributed by atoms with Gasteiger partial charge < -0.3 is 0 Å². The Morgan fingerprint density at radius 1 is 1.00 bits per heavy atom. The molecule has 6 heteroatoms. The molecule has 2 aromatic carbocycles. The highest BCUT2D eigenvalue weighted by Gasteiger charge is 2.35. The molecule has 2 amide bonds. The number of benzene rings is 2. The Morgan fingerprint density at radius 2 is 1.62 bits per heavy atom. The summed E-state index contributed by atoms with van der Waals surface area (Å²) in [7, 11) is 0. The zero-order valence-electron chi connectivity index (χ0n) is 10.5. The summed E-state index contributed by atoms with van der Waals surface area (Å²) in [5, 5.41) is 2.00. The molecule has 0 aliphatic carbocycles. The van der Waals surface area contributed by atoms with Gasteiger partial charge in [0.25, 0.3) is 11.8 Å². The van der Waals surface area contributed by atoms with Crippen LogP contribution in [0.1, 0.15) is 20.7 Å². The molecule has 3 aromatic rings. The van der Waals surface area contributed by atoms with Crippen LogP contribution in [0.4, 0.5) is 5.13 Å². The average molecular weight is 359 g/mol. The van der Waals surface area contributed by atoms with Crippen LogP contribution in [0.2, 0.25) is 0 Å². The molecule has 0 N–H and O–H groups in total. The molecule has 0 saturated heterocycles. The van der Waals surface area contributed by atoms with Crippen molar-refractivity contribution in [2.45, 2.75) is 0 Å². The highest BCUT2D eigenvalue weighted by molar-refractivity contribution is 9.11. The van der Waals surface area contributed by atoms with Crippen molar-refractivity contribution >= 4 is 55.0 Å². The molecule has 4 rings (SSSR count). The van der Waals surface area contributed by atoms with E-state index < -0.39 is 0 Å². The number of halogens is 1. The van der Waals surface area contributed by atoms with E-state index in [9.17, 15) is 9.59 Å². The lowest BCUT2D eigenvalue weighted by Gasteiger charge is -2.24. The maximum absolute atomic E-state index is 12.7. The second-order valence-electron chi connectivity index (χ2n) is 4.60. The van der Waals surface area contributed by atoms with Gasteiger partial charge in [-0.25, -0.2) is 9.88 Å². The molecule has 0 atom stereocenters. The van der Waals surface area contributed by atoms with E-state index in [0.29, 0.717) is 16.3 Å². The lowest BCUT2D eigenvalue weighted by atomic mass is 9.94. The molecule has 21 heavy (non-hydrogen) atoms. The summed E-state index contributed by atoms with van der Waals surface area (Å²) in [4.78, 5) is 30.6. The van der Waals surface area contributed by atoms with Gasteiger partial charge in [0.2, 0.25) is 5.13 Å². The number of anilines is 1. The van der Waals surface area contributed by atoms with E-state index in [1.807, 2.05) is 24.3 Å². The Hall–Kier alpha value is -2.05. The summed E-state index contributed by atoms with van der Waals surface area (Å²) in [6, 6.07) is 10.9. The predicted molar refractivity (Wildman–Crippen MR) is 84.9 cm³/mol. The monoisotopic (exact) mass is 358 g/mol. The molecular weight excluding hydrogens is 352 g/mol. The summed E-state index contributed by atoms with van der Waals surface area (Å²) in [6.07, 6.45) is 1.58. The zero-order valence-corrected chi connectivity index (χ0v) is 12.9. The van der Waals surface area contributed by atoms with Crippen LogP contribution in [0.5, 0.6) is 0 Å². The third-order valence-electron chi connectivity index (χ3n) is 3.43. The Bertz CT molecular complexity index is 868. The highest BCUT2D eigenvalue weighted by atomic mass is 79.9. The first-order valence-corrected chi connectivity index (χ1v) is 7.79. The SMILES string of the molecule is O=C1c2cccc3cccc(c23)C(=O)N1c1ncc(Br)s1. The minimum atomic E-state index is -0.328. The number of amides is 2. The summed E-state index contributed by atoms with van der Waals surface area (Å²) < 4.78 is 0.773. The molecular formula is C15H7BrN2O2S. The zero-order chi connectivity index (χ0) is 14.6. The first-order valence-electron chi connectivity index (χ1n) is 6.18. The van der Waals surface area contributed by atoms with E-state index >= 15 is 0 Å². The molecule has 1 aromatic heterocycles. The summed E-state index contributed by atoms with van der Waals surface area (Å²) >= 11 is 4.56. The van der Waals surface area contributed by atoms with Crippen LogP contribution in [-0.4, -0.2) is 16.8 Å². The minimum absolute atomic E-state index is 0.328. The minimum Gasteiger partial charge on any atom is -0.268 e. The molecule has 0 radical (unpaired) electrons. The van der Waals surface area contributed by atoms with Gasteiger partial charge in [-0.2, -0.15) is 0 Å². The molecule has 0 bridgehead atoms. The number of aromatic nitrogens is 1. The molecule has 0 fully saturated rings. The molecule has 4 nitrogen and oxygen atoms in total. The number of hydrogen-bond acceptors (Lipinski definition) is 4. The van der Waals surface area contributed by atoms with Gasteiger partial charge in [-0.15, -0.1) is 0 Å². The molecule has 0 saturated carbocycles. The first-order chi connectivity index (χ1) is 10.2. The van der Waals surface area contributed by atoms with Crippen molar-refractivity contribution in [3.63, 3.8) is 0 Å². The Kier molecular flexibility index (Phi) is 2.70. The number of nitrogens with zero attached hydrogens (tertiary/aromatic N) is 2. The molecule has 1 aliphatic rings. The fraction of sp³-hybridized carbons (Fsp3) is 0. The quantitative estimate of drug-likeness (QED) is 0.620.